The van der Waals surface area contributed by atoms with Gasteiger partial charge in [0, 0.05) is 11.8 Å². The lowest BCUT2D eigenvalue weighted by molar-refractivity contribution is -0.0534. The minimum absolute atomic E-state index is 0.157. The maximum atomic E-state index is 11.7. The lowest BCUT2D eigenvalue weighted by Gasteiger charge is -2.19. The second-order valence-corrected chi connectivity index (χ2v) is 10.7. The fraction of sp³-hybridized carbons (Fsp3) is 0.600. The number of hydrogen-bond donors (Lipinski definition) is 7. The normalized spacial score (nSPS) is 28.8. The smallest absolute Gasteiger partial charge is 0.387 e. The van der Waals surface area contributed by atoms with Gasteiger partial charge in [-0.25, -0.2) is 13.7 Å². The highest BCUT2D eigenvalue weighted by Crippen LogP contribution is 2.66. The van der Waals surface area contributed by atoms with Gasteiger partial charge in [-0.05, 0) is 19.1 Å². The van der Waals surface area contributed by atoms with Crippen molar-refractivity contribution < 1.29 is 61.4 Å². The minimum Gasteiger partial charge on any atom is -0.387 e. The van der Waals surface area contributed by atoms with E-state index >= 15 is 0 Å². The highest BCUT2D eigenvalue weighted by molar-refractivity contribution is 7.71. The number of aliphatic hydroxyl groups excluding tert-OH is 2. The van der Waals surface area contributed by atoms with Crippen LogP contribution >= 0.6 is 35.7 Å². The molecule has 1 fully saturated rings. The summed E-state index contributed by atoms with van der Waals surface area (Å²) in [6, 6.07) is 0. The first-order valence-electron chi connectivity index (χ1n) is 7.63. The van der Waals surface area contributed by atoms with Crippen LogP contribution in [0.25, 0.3) is 0 Å². The Morgan fingerprint density at radius 3 is 2.30 bits per heavy atom. The van der Waals surface area contributed by atoms with Crippen LogP contribution in [0.15, 0.2) is 11.0 Å². The molecule has 16 nitrogen and oxygen atoms in total. The number of nitrogens with zero attached hydrogens (tertiary/aromatic N) is 1. The molecular weight excluding hydrogens is 497 g/mol. The quantitative estimate of drug-likeness (QED) is 0.165. The number of phosphoric acid groups is 3. The number of aryl methyl sites for hydroxylation is 1. The van der Waals surface area contributed by atoms with Crippen LogP contribution in [0.5, 0.6) is 0 Å². The van der Waals surface area contributed by atoms with Crippen molar-refractivity contribution in [3.63, 3.8) is 0 Å². The SMILES string of the molecule is Cc1cn([C@@H]2O[C@H](COP(=O)(O)OP(=O)(O)OP(=O)(O)O)[C@@H](O)[C@H]2O)c(=S)[nH]c1=O. The molecule has 7 N–H and O–H groups in total. The maximum Gasteiger partial charge on any atom is 0.490 e. The Morgan fingerprint density at radius 2 is 1.73 bits per heavy atom. The zero-order valence-electron chi connectivity index (χ0n) is 14.7. The van der Waals surface area contributed by atoms with Crippen LogP contribution in [0.1, 0.15) is 11.8 Å². The van der Waals surface area contributed by atoms with E-state index in [1.165, 1.54) is 13.1 Å². The molecule has 0 saturated carbocycles. The van der Waals surface area contributed by atoms with Gasteiger partial charge in [0.1, 0.15) is 18.3 Å². The van der Waals surface area contributed by atoms with Crippen molar-refractivity contribution in [3.8, 4) is 0 Å². The first-order valence-corrected chi connectivity index (χ1v) is 12.6. The van der Waals surface area contributed by atoms with Crippen molar-refractivity contribution in [1.82, 2.24) is 9.55 Å². The summed E-state index contributed by atoms with van der Waals surface area (Å²) in [5.41, 5.74) is -0.293. The molecule has 0 spiro atoms. The van der Waals surface area contributed by atoms with Crippen molar-refractivity contribution in [2.24, 2.45) is 0 Å². The Hall–Kier alpha value is -0.610. The summed E-state index contributed by atoms with van der Waals surface area (Å²) in [4.78, 5) is 49.3. The summed E-state index contributed by atoms with van der Waals surface area (Å²) >= 11 is 4.96. The van der Waals surface area contributed by atoms with Crippen LogP contribution in [-0.2, 0) is 31.6 Å². The molecule has 2 rings (SSSR count). The largest absolute Gasteiger partial charge is 0.490 e. The fourth-order valence-electron chi connectivity index (χ4n) is 2.34. The number of ether oxygens (including phenoxy) is 1. The Kier molecular flexibility index (Phi) is 7.78. The lowest BCUT2D eigenvalue weighted by atomic mass is 10.1. The minimum atomic E-state index is -5.71. The van der Waals surface area contributed by atoms with E-state index < -0.39 is 60.2 Å². The van der Waals surface area contributed by atoms with Crippen molar-refractivity contribution in [3.05, 3.63) is 26.9 Å². The third-order valence-electron chi connectivity index (χ3n) is 3.58. The van der Waals surface area contributed by atoms with E-state index in [0.29, 0.717) is 0 Å². The molecule has 1 aliphatic heterocycles. The number of aromatic amines is 1. The number of rotatable bonds is 8. The molecule has 1 aromatic rings. The van der Waals surface area contributed by atoms with Crippen molar-refractivity contribution >= 4 is 35.7 Å². The second kappa shape index (κ2) is 9.10. The number of hydrogen-bond acceptors (Lipinski definition) is 11. The van der Waals surface area contributed by atoms with Gasteiger partial charge in [-0.15, -0.1) is 0 Å². The summed E-state index contributed by atoms with van der Waals surface area (Å²) in [5.74, 6) is 0. The van der Waals surface area contributed by atoms with Crippen LogP contribution in [0.3, 0.4) is 0 Å². The molecule has 2 unspecified atom stereocenters. The van der Waals surface area contributed by atoms with Gasteiger partial charge < -0.3 is 34.5 Å². The van der Waals surface area contributed by atoms with E-state index in [2.05, 4.69) is 18.1 Å². The van der Waals surface area contributed by atoms with Crippen molar-refractivity contribution in [1.29, 1.82) is 0 Å². The van der Waals surface area contributed by atoms with Gasteiger partial charge in [-0.3, -0.25) is 18.9 Å². The lowest BCUT2D eigenvalue weighted by Crippen LogP contribution is -2.34. The molecule has 2 heterocycles. The predicted molar refractivity (Wildman–Crippen MR) is 96.4 cm³/mol. The molecule has 0 aromatic carbocycles. The summed E-state index contributed by atoms with van der Waals surface area (Å²) in [6.45, 7) is 0.461. The first kappa shape index (κ1) is 25.6. The molecule has 0 amide bonds. The molecular formula is C10H17N2O14P3S. The third kappa shape index (κ3) is 6.69. The number of nitrogens with one attached hydrogen (secondary N) is 1. The van der Waals surface area contributed by atoms with E-state index in [1.54, 1.807) is 0 Å². The van der Waals surface area contributed by atoms with Gasteiger partial charge in [0.2, 0.25) is 0 Å². The summed E-state index contributed by atoms with van der Waals surface area (Å²) in [5, 5.41) is 20.2. The van der Waals surface area contributed by atoms with Gasteiger partial charge in [0.05, 0.1) is 6.61 Å². The summed E-state index contributed by atoms with van der Waals surface area (Å²) < 4.78 is 51.3. The van der Waals surface area contributed by atoms with Crippen molar-refractivity contribution in [2.45, 2.75) is 31.5 Å². The molecule has 1 aliphatic rings. The average molecular weight is 514 g/mol. The average Bonchev–Trinajstić information content (AvgIpc) is 2.81. The van der Waals surface area contributed by atoms with Crippen LogP contribution < -0.4 is 5.56 Å². The van der Waals surface area contributed by atoms with E-state index in [4.69, 9.17) is 31.6 Å². The monoisotopic (exact) mass is 514 g/mol. The van der Waals surface area contributed by atoms with Gasteiger partial charge in [-0.2, -0.15) is 8.62 Å². The van der Waals surface area contributed by atoms with Gasteiger partial charge in [0.25, 0.3) is 5.56 Å². The summed E-state index contributed by atoms with van der Waals surface area (Å²) in [6.07, 6.45) is -4.90. The van der Waals surface area contributed by atoms with Gasteiger partial charge in [0.15, 0.2) is 11.0 Å². The topological polar surface area (TPSA) is 247 Å². The Bertz CT molecular complexity index is 1050. The van der Waals surface area contributed by atoms with Crippen molar-refractivity contribution in [2.75, 3.05) is 6.61 Å². The van der Waals surface area contributed by atoms with E-state index in [9.17, 15) is 33.6 Å². The fourth-order valence-corrected chi connectivity index (χ4v) is 5.62. The zero-order valence-corrected chi connectivity index (χ0v) is 18.2. The molecule has 0 bridgehead atoms. The number of phosphoric ester groups is 1. The standard InChI is InChI=1S/C10H17N2O14P3S/c1-4-2-12(10(30)11-8(4)15)9-7(14)6(13)5(24-9)3-23-28(19,20)26-29(21,22)25-27(16,17)18/h2,5-7,9,13-14H,3H2,1H3,(H,19,20)(H,21,22)(H,11,15,30)(H2,16,17,18)/t5-,6-,7-,9-/m1/s1. The molecule has 1 saturated heterocycles. The molecule has 6 atom stereocenters. The van der Waals surface area contributed by atoms with Gasteiger partial charge >= 0.3 is 23.5 Å². The van der Waals surface area contributed by atoms with Crippen LogP contribution in [0, 0.1) is 11.7 Å². The number of aromatic nitrogens is 2. The van der Waals surface area contributed by atoms with E-state index in [1.807, 2.05) is 0 Å². The highest BCUT2D eigenvalue weighted by atomic mass is 32.1. The van der Waals surface area contributed by atoms with Crippen LogP contribution in [0.2, 0.25) is 0 Å². The predicted octanol–water partition coefficient (Wildman–Crippen LogP) is -0.823. The molecule has 1 aromatic heterocycles. The van der Waals surface area contributed by atoms with Crippen LogP contribution in [0.4, 0.5) is 0 Å². The summed E-state index contributed by atoms with van der Waals surface area (Å²) in [7, 11) is -16.7. The Morgan fingerprint density at radius 1 is 1.13 bits per heavy atom. The third-order valence-corrected chi connectivity index (χ3v) is 7.69. The second-order valence-electron chi connectivity index (χ2n) is 5.91. The highest BCUT2D eigenvalue weighted by Gasteiger charge is 2.46. The Labute approximate surface area is 172 Å². The number of aliphatic hydroxyl groups is 2. The zero-order chi connectivity index (χ0) is 23.1. The van der Waals surface area contributed by atoms with E-state index in [-0.39, 0.29) is 10.3 Å². The number of H-pyrrole nitrogens is 1. The molecule has 30 heavy (non-hydrogen) atoms. The molecule has 20 heteroatoms. The Balaban J connectivity index is 2.09. The molecule has 0 aliphatic carbocycles. The first-order chi connectivity index (χ1) is 13.5. The van der Waals surface area contributed by atoms with Gasteiger partial charge in [-0.1, -0.05) is 0 Å². The molecule has 172 valence electrons. The van der Waals surface area contributed by atoms with E-state index in [0.717, 1.165) is 4.57 Å². The van der Waals surface area contributed by atoms with Crippen LogP contribution in [-0.4, -0.2) is 64.3 Å². The maximum absolute atomic E-state index is 11.7. The molecule has 0 radical (unpaired) electrons.